The van der Waals surface area contributed by atoms with Crippen LogP contribution in [0, 0.1) is 0 Å². The van der Waals surface area contributed by atoms with Crippen molar-refractivity contribution in [3.05, 3.63) is 70.1 Å². The van der Waals surface area contributed by atoms with E-state index in [0.29, 0.717) is 57.1 Å². The second-order valence-corrected chi connectivity index (χ2v) is 9.49. The highest BCUT2D eigenvalue weighted by molar-refractivity contribution is 7.16. The van der Waals surface area contributed by atoms with Crippen molar-refractivity contribution in [2.45, 2.75) is 40.3 Å². The first kappa shape index (κ1) is 26.3. The van der Waals surface area contributed by atoms with E-state index in [4.69, 9.17) is 14.2 Å². The number of fused-ring (bicyclic) bond motifs is 1. The zero-order valence-electron chi connectivity index (χ0n) is 21.5. The Kier molecular flexibility index (Phi) is 8.90. The van der Waals surface area contributed by atoms with Crippen LogP contribution in [0.1, 0.15) is 47.1 Å². The summed E-state index contributed by atoms with van der Waals surface area (Å²) in [6.07, 6.45) is 0.246. The second-order valence-electron chi connectivity index (χ2n) is 8.38. The molecule has 8 nitrogen and oxygen atoms in total. The number of ether oxygens (including phenoxy) is 3. The molecule has 3 aromatic rings. The van der Waals surface area contributed by atoms with Crippen LogP contribution in [0.25, 0.3) is 0 Å². The van der Waals surface area contributed by atoms with Crippen LogP contribution in [0.2, 0.25) is 0 Å². The molecule has 0 bridgehead atoms. The molecule has 1 aliphatic heterocycles. The van der Waals surface area contributed by atoms with Crippen LogP contribution >= 0.6 is 11.3 Å². The minimum Gasteiger partial charge on any atom is -0.494 e. The Labute approximate surface area is 221 Å². The summed E-state index contributed by atoms with van der Waals surface area (Å²) in [6.45, 7) is 8.58. The summed E-state index contributed by atoms with van der Waals surface area (Å²) in [6, 6.07) is 15.2. The first-order valence-electron chi connectivity index (χ1n) is 12.6. The molecule has 2 amide bonds. The molecule has 1 aliphatic rings. The number of para-hydroxylation sites is 1. The quantitative estimate of drug-likeness (QED) is 0.343. The lowest BCUT2D eigenvalue weighted by atomic mass is 10.0. The van der Waals surface area contributed by atoms with Gasteiger partial charge in [-0.25, -0.2) is 4.79 Å². The van der Waals surface area contributed by atoms with Crippen molar-refractivity contribution in [3.63, 3.8) is 0 Å². The largest absolute Gasteiger partial charge is 0.494 e. The number of carbonyl (C=O) groups excluding carboxylic acids is 2. The van der Waals surface area contributed by atoms with Gasteiger partial charge in [-0.3, -0.25) is 4.79 Å². The van der Waals surface area contributed by atoms with Gasteiger partial charge in [-0.05, 0) is 63.1 Å². The van der Waals surface area contributed by atoms with Crippen molar-refractivity contribution in [1.29, 1.82) is 0 Å². The molecule has 0 aliphatic carbocycles. The monoisotopic (exact) mass is 523 g/mol. The highest BCUT2D eigenvalue weighted by atomic mass is 32.1. The summed E-state index contributed by atoms with van der Waals surface area (Å²) in [5.74, 6) is 1.38. The van der Waals surface area contributed by atoms with Crippen molar-refractivity contribution in [1.82, 2.24) is 4.90 Å². The van der Waals surface area contributed by atoms with Crippen molar-refractivity contribution in [2.24, 2.45) is 0 Å². The topological polar surface area (TPSA) is 89.1 Å². The number of nitrogens with one attached hydrogen (secondary N) is 2. The fourth-order valence-corrected chi connectivity index (χ4v) is 5.51. The summed E-state index contributed by atoms with van der Waals surface area (Å²) in [4.78, 5) is 28.6. The van der Waals surface area contributed by atoms with Crippen molar-refractivity contribution in [2.75, 3.05) is 37.0 Å². The first-order valence-corrected chi connectivity index (χ1v) is 13.4. The van der Waals surface area contributed by atoms with E-state index in [2.05, 4.69) is 10.6 Å². The van der Waals surface area contributed by atoms with Crippen LogP contribution < -0.4 is 20.1 Å². The number of rotatable bonds is 10. The van der Waals surface area contributed by atoms with Crippen molar-refractivity contribution < 1.29 is 23.8 Å². The van der Waals surface area contributed by atoms with Crippen LogP contribution in [0.3, 0.4) is 0 Å². The van der Waals surface area contributed by atoms with Gasteiger partial charge in [0.25, 0.3) is 5.91 Å². The maximum Gasteiger partial charge on any atom is 0.410 e. The average Bonchev–Trinajstić information content (AvgIpc) is 3.27. The molecule has 0 saturated heterocycles. The van der Waals surface area contributed by atoms with Crippen LogP contribution in [0.15, 0.2) is 48.5 Å². The van der Waals surface area contributed by atoms with Crippen LogP contribution in [-0.2, 0) is 24.2 Å². The summed E-state index contributed by atoms with van der Waals surface area (Å²) < 4.78 is 16.5. The number of hydrogen-bond donors (Lipinski definition) is 2. The average molecular weight is 524 g/mol. The number of nitrogens with zero attached hydrogens (tertiary/aromatic N) is 1. The normalized spacial score (nSPS) is 12.5. The molecule has 9 heteroatoms. The lowest BCUT2D eigenvalue weighted by molar-refractivity contribution is 0.102. The molecule has 2 heterocycles. The van der Waals surface area contributed by atoms with Crippen LogP contribution in [0.5, 0.6) is 11.5 Å². The van der Waals surface area contributed by atoms with E-state index < -0.39 is 0 Å². The molecule has 0 atom stereocenters. The summed E-state index contributed by atoms with van der Waals surface area (Å²) in [5.41, 5.74) is 3.27. The van der Waals surface area contributed by atoms with E-state index in [9.17, 15) is 9.59 Å². The van der Waals surface area contributed by atoms with Gasteiger partial charge in [0.05, 0.1) is 31.9 Å². The molecule has 0 saturated carbocycles. The summed E-state index contributed by atoms with van der Waals surface area (Å²) in [7, 11) is 0. The van der Waals surface area contributed by atoms with E-state index in [0.717, 1.165) is 32.5 Å². The molecule has 0 radical (unpaired) electrons. The van der Waals surface area contributed by atoms with E-state index in [-0.39, 0.29) is 12.0 Å². The standard InChI is InChI=1S/C28H33N3O5S/c1-4-34-21-13-11-20(12-14-21)30-26(32)25-22-15-16-31(28(33)36-6-3)18-24(22)37-27(25)29-17-19-9-7-8-10-23(19)35-5-2/h7-14,29H,4-6,15-18H2,1-3H3,(H,30,32). The minimum atomic E-state index is -0.331. The lowest BCUT2D eigenvalue weighted by Crippen LogP contribution is -2.36. The number of anilines is 2. The number of amides is 2. The number of benzene rings is 2. The fraction of sp³-hybridized carbons (Fsp3) is 0.357. The SMILES string of the molecule is CCOC(=O)N1CCc2c(sc(NCc3ccccc3OCC)c2C(=O)Nc2ccc(OCC)cc2)C1. The zero-order chi connectivity index (χ0) is 26.2. The lowest BCUT2D eigenvalue weighted by Gasteiger charge is -2.26. The molecule has 37 heavy (non-hydrogen) atoms. The van der Waals surface area contributed by atoms with E-state index >= 15 is 0 Å². The van der Waals surface area contributed by atoms with E-state index in [1.165, 1.54) is 11.3 Å². The number of thiophene rings is 1. The molecule has 0 fully saturated rings. The maximum absolute atomic E-state index is 13.6. The Bertz CT molecular complexity index is 1230. The summed E-state index contributed by atoms with van der Waals surface area (Å²) in [5, 5.41) is 7.27. The molecule has 0 unspecified atom stereocenters. The predicted octanol–water partition coefficient (Wildman–Crippen LogP) is 5.92. The van der Waals surface area contributed by atoms with Gasteiger partial charge in [-0.1, -0.05) is 18.2 Å². The molecular weight excluding hydrogens is 490 g/mol. The molecule has 2 N–H and O–H groups in total. The van der Waals surface area contributed by atoms with Gasteiger partial charge in [-0.2, -0.15) is 0 Å². The Morgan fingerprint density at radius 1 is 0.973 bits per heavy atom. The molecule has 2 aromatic carbocycles. The van der Waals surface area contributed by atoms with Gasteiger partial charge in [0.1, 0.15) is 16.5 Å². The van der Waals surface area contributed by atoms with Crippen LogP contribution in [-0.4, -0.2) is 43.3 Å². The van der Waals surface area contributed by atoms with Gasteiger partial charge in [-0.15, -0.1) is 11.3 Å². The zero-order valence-corrected chi connectivity index (χ0v) is 22.3. The molecule has 4 rings (SSSR count). The van der Waals surface area contributed by atoms with Gasteiger partial charge in [0.2, 0.25) is 0 Å². The predicted molar refractivity (Wildman–Crippen MR) is 146 cm³/mol. The van der Waals surface area contributed by atoms with Crippen molar-refractivity contribution >= 4 is 34.0 Å². The van der Waals surface area contributed by atoms with Gasteiger partial charge in [0.15, 0.2) is 0 Å². The second kappa shape index (κ2) is 12.5. The molecule has 196 valence electrons. The highest BCUT2D eigenvalue weighted by Crippen LogP contribution is 2.38. The first-order chi connectivity index (χ1) is 18.0. The van der Waals surface area contributed by atoms with Gasteiger partial charge in [0, 0.05) is 29.2 Å². The number of hydrogen-bond acceptors (Lipinski definition) is 7. The molecular formula is C28H33N3O5S. The van der Waals surface area contributed by atoms with Crippen molar-refractivity contribution in [3.8, 4) is 11.5 Å². The minimum absolute atomic E-state index is 0.188. The third-order valence-corrected chi connectivity index (χ3v) is 7.12. The third kappa shape index (κ3) is 6.35. The number of carbonyl (C=O) groups is 2. The van der Waals surface area contributed by atoms with Gasteiger partial charge >= 0.3 is 6.09 Å². The highest BCUT2D eigenvalue weighted by Gasteiger charge is 2.30. The Morgan fingerprint density at radius 2 is 1.73 bits per heavy atom. The molecule has 0 spiro atoms. The third-order valence-electron chi connectivity index (χ3n) is 5.94. The Morgan fingerprint density at radius 3 is 2.46 bits per heavy atom. The maximum atomic E-state index is 13.6. The molecule has 1 aromatic heterocycles. The Hall–Kier alpha value is -3.72. The van der Waals surface area contributed by atoms with Gasteiger partial charge < -0.3 is 29.7 Å². The Balaban J connectivity index is 1.60. The van der Waals surface area contributed by atoms with E-state index in [1.807, 2.05) is 62.4 Å². The van der Waals surface area contributed by atoms with Crippen LogP contribution in [0.4, 0.5) is 15.5 Å². The summed E-state index contributed by atoms with van der Waals surface area (Å²) >= 11 is 1.51. The fourth-order valence-electron chi connectivity index (χ4n) is 4.26. The smallest absolute Gasteiger partial charge is 0.410 e. The van der Waals surface area contributed by atoms with E-state index in [1.54, 1.807) is 11.8 Å².